The predicted molar refractivity (Wildman–Crippen MR) is 123 cm³/mol. The van der Waals surface area contributed by atoms with E-state index >= 15 is 0 Å². The van der Waals surface area contributed by atoms with Crippen molar-refractivity contribution in [2.75, 3.05) is 26.7 Å². The molecule has 5 rings (SSSR count). The Kier molecular flexibility index (Phi) is 6.05. The Labute approximate surface area is 193 Å². The van der Waals surface area contributed by atoms with Crippen LogP contribution in [0.25, 0.3) is 11.4 Å². The van der Waals surface area contributed by atoms with Crippen molar-refractivity contribution in [2.24, 2.45) is 5.92 Å². The predicted octanol–water partition coefficient (Wildman–Crippen LogP) is 4.03. The van der Waals surface area contributed by atoms with Crippen molar-refractivity contribution >= 4 is 5.91 Å². The maximum atomic E-state index is 13.6. The van der Waals surface area contributed by atoms with Crippen LogP contribution in [0.3, 0.4) is 0 Å². The number of fused-ring (bicyclic) bond motifs is 1. The van der Waals surface area contributed by atoms with E-state index in [1.54, 1.807) is 19.2 Å². The summed E-state index contributed by atoms with van der Waals surface area (Å²) in [7, 11) is 1.65. The van der Waals surface area contributed by atoms with Gasteiger partial charge in [0.25, 0.3) is 5.91 Å². The van der Waals surface area contributed by atoms with E-state index in [0.717, 1.165) is 49.4 Å². The maximum Gasteiger partial charge on any atom is 0.254 e. The molecule has 7 heteroatoms. The molecule has 0 spiro atoms. The molecule has 1 aromatic heterocycles. The monoisotopic (exact) mass is 446 g/mol. The third-order valence-electron chi connectivity index (χ3n) is 6.69. The lowest BCUT2D eigenvalue weighted by Crippen LogP contribution is -2.44. The van der Waals surface area contributed by atoms with E-state index in [1.807, 2.05) is 41.6 Å². The quantitative estimate of drug-likeness (QED) is 0.592. The molecular weight excluding hydrogens is 419 g/mol. The molecule has 0 saturated carbocycles. The highest BCUT2D eigenvalue weighted by Gasteiger charge is 2.40. The molecule has 2 aromatic carbocycles. The zero-order chi connectivity index (χ0) is 22.8. The second-order valence-electron chi connectivity index (χ2n) is 8.80. The molecule has 0 bridgehead atoms. The molecule has 2 atom stereocenters. The molecule has 2 aliphatic heterocycles. The largest absolute Gasteiger partial charge is 0.497 e. The summed E-state index contributed by atoms with van der Waals surface area (Å²) >= 11 is 0. The highest BCUT2D eigenvalue weighted by atomic mass is 19.1. The summed E-state index contributed by atoms with van der Waals surface area (Å²) in [5, 5.41) is 0. The summed E-state index contributed by atoms with van der Waals surface area (Å²) in [5.41, 5.74) is 2.42. The zero-order valence-electron chi connectivity index (χ0n) is 18.7. The number of hydrogen-bond acceptors (Lipinski definition) is 5. The average molecular weight is 447 g/mol. The van der Waals surface area contributed by atoms with E-state index in [4.69, 9.17) is 4.74 Å². The number of likely N-dealkylation sites (tertiary alicyclic amines) is 2. The minimum Gasteiger partial charge on any atom is -0.497 e. The summed E-state index contributed by atoms with van der Waals surface area (Å²) in [4.78, 5) is 26.4. The lowest BCUT2D eigenvalue weighted by atomic mass is 9.92. The molecule has 0 unspecified atom stereocenters. The van der Waals surface area contributed by atoms with Gasteiger partial charge in [-0.25, -0.2) is 14.4 Å². The number of ether oxygens (including phenoxy) is 1. The SMILES string of the molecule is COc1ccc(-c2ncc(CN3CCC[C@@H]4CN(C(=O)c5cccc(F)c5)C[C@@H]43)cn2)cc1. The van der Waals surface area contributed by atoms with E-state index in [0.29, 0.717) is 29.9 Å². The number of rotatable bonds is 5. The van der Waals surface area contributed by atoms with Crippen LogP contribution in [0, 0.1) is 11.7 Å². The molecule has 3 aromatic rings. The van der Waals surface area contributed by atoms with Crippen LogP contribution in [0.5, 0.6) is 5.75 Å². The van der Waals surface area contributed by atoms with Crippen LogP contribution in [0.2, 0.25) is 0 Å². The van der Waals surface area contributed by atoms with Crippen molar-refractivity contribution in [3.05, 3.63) is 77.9 Å². The summed E-state index contributed by atoms with van der Waals surface area (Å²) in [6.07, 6.45) is 6.00. The zero-order valence-corrected chi connectivity index (χ0v) is 18.7. The molecule has 2 fully saturated rings. The van der Waals surface area contributed by atoms with Crippen molar-refractivity contribution in [3.63, 3.8) is 0 Å². The fourth-order valence-corrected chi connectivity index (χ4v) is 5.00. The van der Waals surface area contributed by atoms with Crippen LogP contribution in [0.1, 0.15) is 28.8 Å². The van der Waals surface area contributed by atoms with Gasteiger partial charge in [0.2, 0.25) is 0 Å². The number of hydrogen-bond donors (Lipinski definition) is 0. The van der Waals surface area contributed by atoms with Gasteiger partial charge in [0.15, 0.2) is 5.82 Å². The average Bonchev–Trinajstić information content (AvgIpc) is 3.30. The standard InChI is InChI=1S/C26H27FN4O2/c1-33-23-9-7-19(8-10-23)25-28-13-18(14-29-25)15-30-11-3-5-21-16-31(17-24(21)30)26(32)20-4-2-6-22(27)12-20/h2,4,6-10,12-14,21,24H,3,5,11,15-17H2,1H3/t21-,24+/m1/s1. The van der Waals surface area contributed by atoms with Crippen LogP contribution in [0.15, 0.2) is 60.9 Å². The lowest BCUT2D eigenvalue weighted by Gasteiger charge is -2.36. The van der Waals surface area contributed by atoms with Crippen LogP contribution in [-0.2, 0) is 6.54 Å². The van der Waals surface area contributed by atoms with Crippen molar-refractivity contribution in [1.29, 1.82) is 0 Å². The minimum atomic E-state index is -0.378. The molecule has 0 radical (unpaired) electrons. The van der Waals surface area contributed by atoms with Gasteiger partial charge in [-0.15, -0.1) is 0 Å². The first-order valence-electron chi connectivity index (χ1n) is 11.3. The number of aromatic nitrogens is 2. The smallest absolute Gasteiger partial charge is 0.254 e. The molecular formula is C26H27FN4O2. The Morgan fingerprint density at radius 1 is 1.12 bits per heavy atom. The van der Waals surface area contributed by atoms with E-state index in [2.05, 4.69) is 14.9 Å². The summed E-state index contributed by atoms with van der Waals surface area (Å²) in [5.74, 6) is 1.46. The Balaban J connectivity index is 1.26. The third kappa shape index (κ3) is 4.59. The molecule has 1 amide bonds. The second kappa shape index (κ2) is 9.27. The fourth-order valence-electron chi connectivity index (χ4n) is 5.00. The van der Waals surface area contributed by atoms with E-state index < -0.39 is 0 Å². The Morgan fingerprint density at radius 3 is 2.64 bits per heavy atom. The number of amides is 1. The molecule has 2 aliphatic rings. The first-order chi connectivity index (χ1) is 16.1. The highest BCUT2D eigenvalue weighted by molar-refractivity contribution is 5.94. The summed E-state index contributed by atoms with van der Waals surface area (Å²) in [6.45, 7) is 3.14. The Bertz CT molecular complexity index is 1120. The number of benzene rings is 2. The highest BCUT2D eigenvalue weighted by Crippen LogP contribution is 2.32. The van der Waals surface area contributed by atoms with Gasteiger partial charge < -0.3 is 9.64 Å². The molecule has 3 heterocycles. The van der Waals surface area contributed by atoms with Crippen molar-refractivity contribution in [1.82, 2.24) is 19.8 Å². The molecule has 0 N–H and O–H groups in total. The van der Waals surface area contributed by atoms with Crippen LogP contribution < -0.4 is 4.74 Å². The van der Waals surface area contributed by atoms with Gasteiger partial charge in [0.1, 0.15) is 11.6 Å². The van der Waals surface area contributed by atoms with Crippen LogP contribution in [-0.4, -0.2) is 58.5 Å². The van der Waals surface area contributed by atoms with Gasteiger partial charge in [-0.1, -0.05) is 6.07 Å². The van der Waals surface area contributed by atoms with E-state index in [9.17, 15) is 9.18 Å². The van der Waals surface area contributed by atoms with Gasteiger partial charge in [0, 0.05) is 54.8 Å². The Hall–Kier alpha value is -3.32. The Morgan fingerprint density at radius 2 is 1.91 bits per heavy atom. The van der Waals surface area contributed by atoms with E-state index in [1.165, 1.54) is 12.1 Å². The molecule has 0 aliphatic carbocycles. The molecule has 170 valence electrons. The number of carbonyl (C=O) groups is 1. The second-order valence-corrected chi connectivity index (χ2v) is 8.80. The van der Waals surface area contributed by atoms with Crippen LogP contribution >= 0.6 is 0 Å². The number of methoxy groups -OCH3 is 1. The number of piperidine rings is 1. The summed E-state index contributed by atoms with van der Waals surface area (Å²) in [6, 6.07) is 14.0. The van der Waals surface area contributed by atoms with Crippen LogP contribution in [0.4, 0.5) is 4.39 Å². The normalized spacial score (nSPS) is 20.5. The molecule has 2 saturated heterocycles. The van der Waals surface area contributed by atoms with Gasteiger partial charge in [-0.3, -0.25) is 9.69 Å². The fraction of sp³-hybridized carbons (Fsp3) is 0.346. The van der Waals surface area contributed by atoms with Gasteiger partial charge in [0.05, 0.1) is 7.11 Å². The van der Waals surface area contributed by atoms with Gasteiger partial charge in [-0.05, 0) is 67.8 Å². The van der Waals surface area contributed by atoms with Crippen molar-refractivity contribution in [2.45, 2.75) is 25.4 Å². The first-order valence-corrected chi connectivity index (χ1v) is 11.3. The van der Waals surface area contributed by atoms with E-state index in [-0.39, 0.29) is 11.7 Å². The summed E-state index contributed by atoms with van der Waals surface area (Å²) < 4.78 is 18.8. The van der Waals surface area contributed by atoms with Gasteiger partial charge in [-0.2, -0.15) is 0 Å². The van der Waals surface area contributed by atoms with Crippen molar-refractivity contribution < 1.29 is 13.9 Å². The van der Waals surface area contributed by atoms with Gasteiger partial charge >= 0.3 is 0 Å². The number of halogens is 1. The first kappa shape index (κ1) is 21.5. The lowest BCUT2D eigenvalue weighted by molar-refractivity contribution is 0.0774. The van der Waals surface area contributed by atoms with Crippen molar-refractivity contribution in [3.8, 4) is 17.1 Å². The number of nitrogens with zero attached hydrogens (tertiary/aromatic N) is 4. The third-order valence-corrected chi connectivity index (χ3v) is 6.69. The number of carbonyl (C=O) groups excluding carboxylic acids is 1. The topological polar surface area (TPSA) is 58.6 Å². The maximum absolute atomic E-state index is 13.6. The minimum absolute atomic E-state index is 0.0870. The molecule has 33 heavy (non-hydrogen) atoms. The molecule has 6 nitrogen and oxygen atoms in total.